The van der Waals surface area contributed by atoms with Gasteiger partial charge in [-0.2, -0.15) is 5.10 Å². The molecule has 0 amide bonds. The summed E-state index contributed by atoms with van der Waals surface area (Å²) in [5.74, 6) is -0.648. The zero-order valence-electron chi connectivity index (χ0n) is 10.7. The molecule has 0 aliphatic carbocycles. The number of hydrogen-bond donors (Lipinski definition) is 1. The van der Waals surface area contributed by atoms with E-state index in [1.54, 1.807) is 29.0 Å². The van der Waals surface area contributed by atoms with Gasteiger partial charge >= 0.3 is 0 Å². The van der Waals surface area contributed by atoms with Gasteiger partial charge in [-0.3, -0.25) is 10.1 Å². The van der Waals surface area contributed by atoms with Gasteiger partial charge in [0.15, 0.2) is 5.65 Å². The summed E-state index contributed by atoms with van der Waals surface area (Å²) in [7, 11) is 0. The first kappa shape index (κ1) is 13.0. The Balaban J connectivity index is 1.88. The van der Waals surface area contributed by atoms with Gasteiger partial charge in [-0.1, -0.05) is 0 Å². The zero-order chi connectivity index (χ0) is 14.8. The molecule has 2 heterocycles. The Bertz CT molecular complexity index is 817. The van der Waals surface area contributed by atoms with Crippen LogP contribution in [0.25, 0.3) is 5.65 Å². The fourth-order valence-corrected chi connectivity index (χ4v) is 2.01. The van der Waals surface area contributed by atoms with E-state index >= 15 is 0 Å². The van der Waals surface area contributed by atoms with E-state index in [2.05, 4.69) is 15.4 Å². The van der Waals surface area contributed by atoms with Crippen molar-refractivity contribution in [3.05, 3.63) is 64.4 Å². The van der Waals surface area contributed by atoms with Gasteiger partial charge in [-0.15, -0.1) is 0 Å². The van der Waals surface area contributed by atoms with Crippen molar-refractivity contribution in [3.63, 3.8) is 0 Å². The fourth-order valence-electron chi connectivity index (χ4n) is 2.01. The lowest BCUT2D eigenvalue weighted by Gasteiger charge is -2.08. The van der Waals surface area contributed by atoms with Crippen molar-refractivity contribution in [3.8, 4) is 0 Å². The van der Waals surface area contributed by atoms with Gasteiger partial charge in [0.2, 0.25) is 0 Å². The normalized spacial score (nSPS) is 10.7. The van der Waals surface area contributed by atoms with E-state index in [4.69, 9.17) is 0 Å². The Labute approximate surface area is 118 Å². The monoisotopic (exact) mass is 287 g/mol. The molecule has 0 bridgehead atoms. The van der Waals surface area contributed by atoms with Crippen molar-refractivity contribution in [2.24, 2.45) is 0 Å². The number of hydrogen-bond acceptors (Lipinski definition) is 5. The average molecular weight is 287 g/mol. The molecular weight excluding hydrogens is 277 g/mol. The lowest BCUT2D eigenvalue weighted by Crippen LogP contribution is -2.08. The number of rotatable bonds is 4. The van der Waals surface area contributed by atoms with E-state index in [0.29, 0.717) is 12.2 Å². The molecule has 21 heavy (non-hydrogen) atoms. The van der Waals surface area contributed by atoms with E-state index < -0.39 is 10.7 Å². The molecule has 7 nitrogen and oxygen atoms in total. The Hall–Kier alpha value is -3.03. The molecule has 0 saturated carbocycles. The van der Waals surface area contributed by atoms with Gasteiger partial charge in [0.25, 0.3) is 5.69 Å². The molecule has 0 aliphatic rings. The van der Waals surface area contributed by atoms with Crippen molar-refractivity contribution in [1.29, 1.82) is 0 Å². The van der Waals surface area contributed by atoms with Crippen molar-refractivity contribution in [2.75, 3.05) is 5.32 Å². The Morgan fingerprint density at radius 1 is 1.29 bits per heavy atom. The summed E-state index contributed by atoms with van der Waals surface area (Å²) in [6.45, 7) is 0.299. The highest BCUT2D eigenvalue weighted by Gasteiger charge is 2.15. The molecule has 3 rings (SSSR count). The zero-order valence-corrected chi connectivity index (χ0v) is 10.7. The summed E-state index contributed by atoms with van der Waals surface area (Å²) in [4.78, 5) is 14.4. The number of nitrogens with zero attached hydrogens (tertiary/aromatic N) is 4. The van der Waals surface area contributed by atoms with Gasteiger partial charge < -0.3 is 5.32 Å². The highest BCUT2D eigenvalue weighted by molar-refractivity contribution is 5.61. The number of aromatic nitrogens is 3. The number of benzene rings is 1. The molecule has 1 aromatic carbocycles. The molecule has 1 N–H and O–H groups in total. The minimum Gasteiger partial charge on any atom is -0.374 e. The molecule has 106 valence electrons. The number of nitrogens with one attached hydrogen (secondary N) is 1. The van der Waals surface area contributed by atoms with Crippen molar-refractivity contribution in [1.82, 2.24) is 14.6 Å². The maximum Gasteiger partial charge on any atom is 0.295 e. The van der Waals surface area contributed by atoms with Gasteiger partial charge in [0.05, 0.1) is 29.4 Å². The van der Waals surface area contributed by atoms with Crippen LogP contribution in [0, 0.1) is 15.9 Å². The van der Waals surface area contributed by atoms with E-state index in [0.717, 1.165) is 11.8 Å². The minimum atomic E-state index is -0.648. The molecule has 0 unspecified atom stereocenters. The second kappa shape index (κ2) is 5.16. The largest absolute Gasteiger partial charge is 0.374 e. The van der Waals surface area contributed by atoms with Crippen LogP contribution in [0.15, 0.2) is 42.7 Å². The van der Waals surface area contributed by atoms with Crippen LogP contribution in [0.2, 0.25) is 0 Å². The van der Waals surface area contributed by atoms with Crippen LogP contribution in [-0.4, -0.2) is 19.5 Å². The van der Waals surface area contributed by atoms with Gasteiger partial charge in [0.1, 0.15) is 11.5 Å². The lowest BCUT2D eigenvalue weighted by molar-refractivity contribution is -0.384. The number of halogens is 1. The molecule has 0 aliphatic heterocycles. The van der Waals surface area contributed by atoms with Gasteiger partial charge in [-0.25, -0.2) is 13.9 Å². The maximum absolute atomic E-state index is 13.1. The summed E-state index contributed by atoms with van der Waals surface area (Å²) in [6.07, 6.45) is 3.25. The molecule has 3 aromatic rings. The summed E-state index contributed by atoms with van der Waals surface area (Å²) in [5, 5.41) is 18.0. The summed E-state index contributed by atoms with van der Waals surface area (Å²) < 4.78 is 14.7. The third-order valence-corrected chi connectivity index (χ3v) is 2.98. The number of anilines is 1. The summed E-state index contributed by atoms with van der Waals surface area (Å²) in [6, 6.07) is 6.91. The van der Waals surface area contributed by atoms with Crippen LogP contribution in [0.5, 0.6) is 0 Å². The highest BCUT2D eigenvalue weighted by atomic mass is 19.1. The standard InChI is InChI=1S/C13H10FN5O2/c14-9-1-2-11(12(7-9)19(20)21)16-8-10-3-5-15-13-4-6-17-18(10)13/h1-7,16H,8H2. The van der Waals surface area contributed by atoms with E-state index in [9.17, 15) is 14.5 Å². The lowest BCUT2D eigenvalue weighted by atomic mass is 10.2. The Kier molecular flexibility index (Phi) is 3.19. The third-order valence-electron chi connectivity index (χ3n) is 2.98. The first-order valence-electron chi connectivity index (χ1n) is 6.10. The molecular formula is C13H10FN5O2. The van der Waals surface area contributed by atoms with Gasteiger partial charge in [-0.05, 0) is 18.2 Å². The average Bonchev–Trinajstić information content (AvgIpc) is 2.94. The second-order valence-corrected chi connectivity index (χ2v) is 4.31. The van der Waals surface area contributed by atoms with Crippen molar-refractivity contribution >= 4 is 17.0 Å². The van der Waals surface area contributed by atoms with Crippen LogP contribution < -0.4 is 5.32 Å². The molecule has 0 radical (unpaired) electrons. The first-order valence-corrected chi connectivity index (χ1v) is 6.10. The SMILES string of the molecule is O=[N+]([O-])c1cc(F)ccc1NCc1ccnc2ccnn12. The van der Waals surface area contributed by atoms with Gasteiger partial charge in [0, 0.05) is 12.3 Å². The van der Waals surface area contributed by atoms with E-state index in [1.165, 1.54) is 12.1 Å². The van der Waals surface area contributed by atoms with Crippen LogP contribution in [0.1, 0.15) is 5.69 Å². The van der Waals surface area contributed by atoms with Crippen molar-refractivity contribution < 1.29 is 9.31 Å². The van der Waals surface area contributed by atoms with E-state index in [-0.39, 0.29) is 11.4 Å². The van der Waals surface area contributed by atoms with Crippen LogP contribution in [-0.2, 0) is 6.54 Å². The highest BCUT2D eigenvalue weighted by Crippen LogP contribution is 2.25. The molecule has 0 saturated heterocycles. The predicted molar refractivity (Wildman–Crippen MR) is 73.4 cm³/mol. The van der Waals surface area contributed by atoms with Crippen molar-refractivity contribution in [2.45, 2.75) is 6.54 Å². The summed E-state index contributed by atoms with van der Waals surface area (Å²) in [5.41, 5.74) is 1.41. The van der Waals surface area contributed by atoms with Crippen LogP contribution in [0.4, 0.5) is 15.8 Å². The smallest absolute Gasteiger partial charge is 0.295 e. The molecule has 0 spiro atoms. The maximum atomic E-state index is 13.1. The second-order valence-electron chi connectivity index (χ2n) is 4.31. The van der Waals surface area contributed by atoms with Crippen LogP contribution in [0.3, 0.4) is 0 Å². The first-order chi connectivity index (χ1) is 10.1. The Morgan fingerprint density at radius 2 is 2.14 bits per heavy atom. The number of fused-ring (bicyclic) bond motifs is 1. The quantitative estimate of drug-likeness (QED) is 0.588. The van der Waals surface area contributed by atoms with E-state index in [1.807, 2.05) is 0 Å². The topological polar surface area (TPSA) is 85.4 Å². The van der Waals surface area contributed by atoms with Crippen LogP contribution >= 0.6 is 0 Å². The number of nitro benzene ring substituents is 1. The fraction of sp³-hybridized carbons (Fsp3) is 0.0769. The molecule has 2 aromatic heterocycles. The molecule has 0 fully saturated rings. The Morgan fingerprint density at radius 3 is 2.95 bits per heavy atom. The third kappa shape index (κ3) is 2.50. The summed E-state index contributed by atoms with van der Waals surface area (Å²) >= 11 is 0. The predicted octanol–water partition coefficient (Wildman–Crippen LogP) is 2.39. The molecule has 8 heteroatoms. The molecule has 0 atom stereocenters. The number of nitro groups is 1. The minimum absolute atomic E-state index is 0.249.